The maximum Gasteiger partial charge on any atom is 0.288 e. The fourth-order valence-corrected chi connectivity index (χ4v) is 3.51. The fraction of sp³-hybridized carbons (Fsp3) is 0.200. The number of carbonyl (C=O) groups is 1. The molecule has 1 heterocycles. The molecule has 0 radical (unpaired) electrons. The number of benzene rings is 2. The zero-order chi connectivity index (χ0) is 21.3. The van der Waals surface area contributed by atoms with E-state index in [1.54, 1.807) is 24.9 Å². The highest BCUT2D eigenvalue weighted by molar-refractivity contribution is 7.80. The van der Waals surface area contributed by atoms with Gasteiger partial charge in [-0.2, -0.15) is 0 Å². The molecule has 0 saturated heterocycles. The van der Waals surface area contributed by atoms with E-state index in [2.05, 4.69) is 10.6 Å². The number of carbonyl (C=O) groups excluding carboxylic acids is 1. The summed E-state index contributed by atoms with van der Waals surface area (Å²) in [6.07, 6.45) is 0. The summed E-state index contributed by atoms with van der Waals surface area (Å²) in [6.45, 7) is 3.75. The lowest BCUT2D eigenvalue weighted by Crippen LogP contribution is -2.46. The smallest absolute Gasteiger partial charge is 0.288 e. The first-order valence-electron chi connectivity index (χ1n) is 8.76. The Morgan fingerprint density at radius 2 is 1.90 bits per heavy atom. The topological polar surface area (TPSA) is 87.5 Å². The number of amides is 1. The van der Waals surface area contributed by atoms with Crippen molar-refractivity contribution in [2.45, 2.75) is 19.9 Å². The minimum absolute atomic E-state index is 0.0283. The summed E-state index contributed by atoms with van der Waals surface area (Å²) >= 11 is 11.3. The SMILES string of the molecule is CC1=C(C(=O)Nc2ccc(C)cc2)C(c2ccc(Cl)c([N+](=O)[O-])c2)NC(=S)N1C. The summed E-state index contributed by atoms with van der Waals surface area (Å²) in [7, 11) is 1.75. The zero-order valence-electron chi connectivity index (χ0n) is 16.0. The first-order chi connectivity index (χ1) is 13.7. The van der Waals surface area contributed by atoms with Crippen LogP contribution in [0, 0.1) is 17.0 Å². The summed E-state index contributed by atoms with van der Waals surface area (Å²) in [6, 6.07) is 11.2. The van der Waals surface area contributed by atoms with Crippen LogP contribution in [-0.2, 0) is 4.79 Å². The Labute approximate surface area is 178 Å². The Morgan fingerprint density at radius 1 is 1.24 bits per heavy atom. The van der Waals surface area contributed by atoms with Gasteiger partial charge in [-0.05, 0) is 49.8 Å². The van der Waals surface area contributed by atoms with Crippen molar-refractivity contribution >= 4 is 46.2 Å². The third-order valence-corrected chi connectivity index (χ3v) is 5.52. The summed E-state index contributed by atoms with van der Waals surface area (Å²) in [5.41, 5.74) is 3.09. The molecule has 0 fully saturated rings. The molecule has 0 aromatic heterocycles. The number of nitro groups is 1. The van der Waals surface area contributed by atoms with E-state index in [1.165, 1.54) is 12.1 Å². The van der Waals surface area contributed by atoms with Crippen LogP contribution in [0.15, 0.2) is 53.7 Å². The lowest BCUT2D eigenvalue weighted by atomic mass is 9.94. The van der Waals surface area contributed by atoms with E-state index >= 15 is 0 Å². The van der Waals surface area contributed by atoms with Gasteiger partial charge in [-0.25, -0.2) is 0 Å². The maximum absolute atomic E-state index is 13.1. The van der Waals surface area contributed by atoms with E-state index < -0.39 is 11.0 Å². The van der Waals surface area contributed by atoms with Crippen LogP contribution in [-0.4, -0.2) is 27.9 Å². The molecule has 0 saturated carbocycles. The van der Waals surface area contributed by atoms with Gasteiger partial charge in [0.05, 0.1) is 16.5 Å². The van der Waals surface area contributed by atoms with E-state index in [0.29, 0.717) is 27.6 Å². The second-order valence-corrected chi connectivity index (χ2v) is 7.52. The molecule has 0 spiro atoms. The third-order valence-electron chi connectivity index (χ3n) is 4.81. The van der Waals surface area contributed by atoms with Gasteiger partial charge in [0.15, 0.2) is 5.11 Å². The number of hydrogen-bond donors (Lipinski definition) is 2. The van der Waals surface area contributed by atoms with Gasteiger partial charge in [0.2, 0.25) is 0 Å². The summed E-state index contributed by atoms with van der Waals surface area (Å²) in [5, 5.41) is 17.7. The molecule has 2 aromatic carbocycles. The van der Waals surface area contributed by atoms with Gasteiger partial charge in [0.1, 0.15) is 5.02 Å². The average molecular weight is 431 g/mol. The number of anilines is 1. The Balaban J connectivity index is 2.04. The van der Waals surface area contributed by atoms with E-state index in [-0.39, 0.29) is 16.6 Å². The van der Waals surface area contributed by atoms with Crippen LogP contribution in [0.3, 0.4) is 0 Å². The van der Waals surface area contributed by atoms with Crippen LogP contribution in [0.1, 0.15) is 24.1 Å². The Bertz CT molecular complexity index is 1040. The normalized spacial score (nSPS) is 16.5. The molecular formula is C20H19ClN4O3S. The highest BCUT2D eigenvalue weighted by Crippen LogP contribution is 2.34. The molecule has 150 valence electrons. The van der Waals surface area contributed by atoms with Crippen LogP contribution in [0.2, 0.25) is 5.02 Å². The van der Waals surface area contributed by atoms with Crippen molar-refractivity contribution in [1.29, 1.82) is 0 Å². The molecule has 2 aromatic rings. The molecule has 1 aliphatic rings. The molecule has 1 unspecified atom stereocenters. The lowest BCUT2D eigenvalue weighted by Gasteiger charge is -2.35. The van der Waals surface area contributed by atoms with Gasteiger partial charge in [-0.1, -0.05) is 35.4 Å². The van der Waals surface area contributed by atoms with Crippen LogP contribution in [0.25, 0.3) is 0 Å². The van der Waals surface area contributed by atoms with Crippen molar-refractivity contribution in [3.05, 3.63) is 80.0 Å². The molecule has 29 heavy (non-hydrogen) atoms. The summed E-state index contributed by atoms with van der Waals surface area (Å²) in [5.74, 6) is -0.323. The second-order valence-electron chi connectivity index (χ2n) is 6.73. The van der Waals surface area contributed by atoms with E-state index in [1.807, 2.05) is 31.2 Å². The van der Waals surface area contributed by atoms with Gasteiger partial charge < -0.3 is 15.5 Å². The molecule has 0 bridgehead atoms. The molecule has 7 nitrogen and oxygen atoms in total. The van der Waals surface area contributed by atoms with Crippen LogP contribution in [0.5, 0.6) is 0 Å². The quantitative estimate of drug-likeness (QED) is 0.426. The highest BCUT2D eigenvalue weighted by atomic mass is 35.5. The molecule has 1 amide bonds. The van der Waals surface area contributed by atoms with Crippen molar-refractivity contribution in [2.24, 2.45) is 0 Å². The number of nitrogens with one attached hydrogen (secondary N) is 2. The first kappa shape index (κ1) is 20.8. The van der Waals surface area contributed by atoms with Crippen molar-refractivity contribution in [3.63, 3.8) is 0 Å². The van der Waals surface area contributed by atoms with Crippen LogP contribution >= 0.6 is 23.8 Å². The molecule has 0 aliphatic carbocycles. The molecule has 1 aliphatic heterocycles. The van der Waals surface area contributed by atoms with Crippen molar-refractivity contribution < 1.29 is 9.72 Å². The van der Waals surface area contributed by atoms with Crippen molar-refractivity contribution in [1.82, 2.24) is 10.2 Å². The lowest BCUT2D eigenvalue weighted by molar-refractivity contribution is -0.384. The predicted molar refractivity (Wildman–Crippen MR) is 117 cm³/mol. The maximum atomic E-state index is 13.1. The molecule has 9 heteroatoms. The second kappa shape index (κ2) is 8.18. The van der Waals surface area contributed by atoms with E-state index in [9.17, 15) is 14.9 Å². The first-order valence-corrected chi connectivity index (χ1v) is 9.54. The Hall–Kier alpha value is -2.97. The minimum atomic E-state index is -0.653. The standard InChI is InChI=1S/C20H19ClN4O3S/c1-11-4-7-14(8-5-11)22-19(26)17-12(2)24(3)20(29)23-18(17)13-6-9-15(21)16(10-13)25(27)28/h4-10,18H,1-3H3,(H,22,26)(H,23,29). The van der Waals surface area contributed by atoms with E-state index in [0.717, 1.165) is 5.56 Å². The van der Waals surface area contributed by atoms with Gasteiger partial charge >= 0.3 is 0 Å². The Morgan fingerprint density at radius 3 is 2.52 bits per heavy atom. The monoisotopic (exact) mass is 430 g/mol. The number of hydrogen-bond acceptors (Lipinski definition) is 4. The van der Waals surface area contributed by atoms with Crippen molar-refractivity contribution in [3.8, 4) is 0 Å². The molecule has 3 rings (SSSR count). The number of thiocarbonyl (C=S) groups is 1. The largest absolute Gasteiger partial charge is 0.351 e. The number of nitrogens with zero attached hydrogens (tertiary/aromatic N) is 2. The van der Waals surface area contributed by atoms with Gasteiger partial charge in [0.25, 0.3) is 11.6 Å². The van der Waals surface area contributed by atoms with Gasteiger partial charge in [-0.3, -0.25) is 14.9 Å². The Kier molecular flexibility index (Phi) is 5.86. The number of nitro benzene ring substituents is 1. The zero-order valence-corrected chi connectivity index (χ0v) is 17.6. The molecule has 1 atom stereocenters. The van der Waals surface area contributed by atoms with Gasteiger partial charge in [-0.15, -0.1) is 0 Å². The van der Waals surface area contributed by atoms with E-state index in [4.69, 9.17) is 23.8 Å². The van der Waals surface area contributed by atoms with Crippen LogP contribution < -0.4 is 10.6 Å². The third kappa shape index (κ3) is 4.23. The number of aryl methyl sites for hydroxylation is 1. The highest BCUT2D eigenvalue weighted by Gasteiger charge is 2.33. The summed E-state index contributed by atoms with van der Waals surface area (Å²) in [4.78, 5) is 25.6. The van der Waals surface area contributed by atoms with Crippen LogP contribution in [0.4, 0.5) is 11.4 Å². The van der Waals surface area contributed by atoms with Gasteiger partial charge in [0, 0.05) is 24.5 Å². The number of halogens is 1. The average Bonchev–Trinajstić information content (AvgIpc) is 2.67. The number of allylic oxidation sites excluding steroid dienone is 1. The summed E-state index contributed by atoms with van der Waals surface area (Å²) < 4.78 is 0. The minimum Gasteiger partial charge on any atom is -0.351 e. The van der Waals surface area contributed by atoms with Crippen molar-refractivity contribution in [2.75, 3.05) is 12.4 Å². The molecule has 2 N–H and O–H groups in total. The predicted octanol–water partition coefficient (Wildman–Crippen LogP) is 4.33. The fourth-order valence-electron chi connectivity index (χ4n) is 3.06. The number of rotatable bonds is 4. The molecular weight excluding hydrogens is 412 g/mol.